The van der Waals surface area contributed by atoms with E-state index in [0.29, 0.717) is 17.6 Å². The zero-order chi connectivity index (χ0) is 12.9. The molecule has 1 aliphatic carbocycles. The van der Waals surface area contributed by atoms with Gasteiger partial charge in [0.05, 0.1) is 0 Å². The van der Waals surface area contributed by atoms with Crippen LogP contribution in [0.2, 0.25) is 0 Å². The number of fused-ring (bicyclic) bond motifs is 1. The van der Waals surface area contributed by atoms with Crippen molar-refractivity contribution in [2.24, 2.45) is 5.92 Å². The molecule has 0 spiro atoms. The number of rotatable bonds is 1. The van der Waals surface area contributed by atoms with Crippen LogP contribution < -0.4 is 0 Å². The standard InChI is InChI=1S/C13H18N4O/c1-7-5-6-9-10(12-14-8(2)17-18-12)15-16-11(9)13(7,3)4/h7H,5-6H2,1-4H3,(H,15,16)/t7-/m1/s1. The molecular weight excluding hydrogens is 228 g/mol. The van der Waals surface area contributed by atoms with Crippen LogP contribution >= 0.6 is 0 Å². The third kappa shape index (κ3) is 1.50. The van der Waals surface area contributed by atoms with Gasteiger partial charge in [-0.2, -0.15) is 10.1 Å². The summed E-state index contributed by atoms with van der Waals surface area (Å²) < 4.78 is 5.23. The van der Waals surface area contributed by atoms with E-state index < -0.39 is 0 Å². The van der Waals surface area contributed by atoms with Crippen LogP contribution in [0.1, 0.15) is 44.3 Å². The normalized spacial score (nSPS) is 21.9. The van der Waals surface area contributed by atoms with E-state index in [0.717, 1.165) is 12.1 Å². The molecule has 0 unspecified atom stereocenters. The van der Waals surface area contributed by atoms with Crippen LogP contribution in [-0.2, 0) is 11.8 Å². The molecule has 1 atom stereocenters. The van der Waals surface area contributed by atoms with E-state index in [-0.39, 0.29) is 5.41 Å². The Bertz CT molecular complexity index is 582. The molecule has 3 rings (SSSR count). The second-order valence-corrected chi connectivity index (χ2v) is 5.73. The average Bonchev–Trinajstić information content (AvgIpc) is 2.90. The average molecular weight is 246 g/mol. The molecule has 1 N–H and O–H groups in total. The second-order valence-electron chi connectivity index (χ2n) is 5.73. The predicted molar refractivity (Wildman–Crippen MR) is 67.1 cm³/mol. The number of nitrogens with one attached hydrogen (secondary N) is 1. The van der Waals surface area contributed by atoms with Gasteiger partial charge >= 0.3 is 0 Å². The van der Waals surface area contributed by atoms with E-state index in [1.807, 2.05) is 6.92 Å². The Morgan fingerprint density at radius 3 is 2.83 bits per heavy atom. The summed E-state index contributed by atoms with van der Waals surface area (Å²) in [7, 11) is 0. The highest BCUT2D eigenvalue weighted by Crippen LogP contribution is 2.42. The molecule has 1 aliphatic rings. The van der Waals surface area contributed by atoms with Crippen molar-refractivity contribution in [3.8, 4) is 11.6 Å². The lowest BCUT2D eigenvalue weighted by Gasteiger charge is -2.35. The fourth-order valence-electron chi connectivity index (χ4n) is 2.68. The molecule has 0 aromatic carbocycles. The summed E-state index contributed by atoms with van der Waals surface area (Å²) in [6, 6.07) is 0. The quantitative estimate of drug-likeness (QED) is 0.839. The second kappa shape index (κ2) is 3.67. The first-order valence-corrected chi connectivity index (χ1v) is 6.38. The SMILES string of the molecule is Cc1noc(-c2n[nH]c3c2CC[C@@H](C)C3(C)C)n1. The van der Waals surface area contributed by atoms with Crippen LogP contribution in [0.4, 0.5) is 0 Å². The van der Waals surface area contributed by atoms with Gasteiger partial charge in [-0.1, -0.05) is 25.9 Å². The van der Waals surface area contributed by atoms with Crippen LogP contribution in [0.15, 0.2) is 4.52 Å². The first-order chi connectivity index (χ1) is 8.50. The van der Waals surface area contributed by atoms with Crippen molar-refractivity contribution in [3.05, 3.63) is 17.1 Å². The summed E-state index contributed by atoms with van der Waals surface area (Å²) in [4.78, 5) is 4.27. The van der Waals surface area contributed by atoms with Gasteiger partial charge in [0, 0.05) is 16.7 Å². The molecule has 0 amide bonds. The van der Waals surface area contributed by atoms with E-state index >= 15 is 0 Å². The predicted octanol–water partition coefficient (Wildman–Crippen LogP) is 2.63. The third-order valence-corrected chi connectivity index (χ3v) is 4.30. The largest absolute Gasteiger partial charge is 0.332 e. The molecule has 0 saturated carbocycles. The Balaban J connectivity index is 2.11. The number of nitrogens with zero attached hydrogens (tertiary/aromatic N) is 3. The lowest BCUT2D eigenvalue weighted by atomic mass is 9.69. The summed E-state index contributed by atoms with van der Waals surface area (Å²) in [6.45, 7) is 8.63. The minimum Gasteiger partial charge on any atom is -0.332 e. The number of aromatic amines is 1. The third-order valence-electron chi connectivity index (χ3n) is 4.30. The molecule has 0 aliphatic heterocycles. The van der Waals surface area contributed by atoms with Crippen LogP contribution in [0.25, 0.3) is 11.6 Å². The van der Waals surface area contributed by atoms with Crippen molar-refractivity contribution in [1.29, 1.82) is 0 Å². The first kappa shape index (κ1) is 11.4. The number of hydrogen-bond acceptors (Lipinski definition) is 4. The van der Waals surface area contributed by atoms with Crippen LogP contribution in [0.5, 0.6) is 0 Å². The lowest BCUT2D eigenvalue weighted by molar-refractivity contribution is 0.295. The van der Waals surface area contributed by atoms with E-state index in [1.54, 1.807) is 0 Å². The van der Waals surface area contributed by atoms with Gasteiger partial charge in [-0.25, -0.2) is 0 Å². The van der Waals surface area contributed by atoms with Gasteiger partial charge in [0.25, 0.3) is 5.89 Å². The minimum atomic E-state index is 0.119. The zero-order valence-electron chi connectivity index (χ0n) is 11.2. The van der Waals surface area contributed by atoms with Crippen molar-refractivity contribution < 1.29 is 4.52 Å². The molecule has 2 aromatic rings. The Morgan fingerprint density at radius 2 is 2.17 bits per heavy atom. The van der Waals surface area contributed by atoms with Gasteiger partial charge in [-0.3, -0.25) is 5.10 Å². The molecule has 2 heterocycles. The molecule has 0 radical (unpaired) electrons. The highest BCUT2D eigenvalue weighted by molar-refractivity contribution is 5.56. The van der Waals surface area contributed by atoms with Crippen LogP contribution in [0.3, 0.4) is 0 Å². The zero-order valence-corrected chi connectivity index (χ0v) is 11.2. The molecule has 2 aromatic heterocycles. The van der Waals surface area contributed by atoms with E-state index in [2.05, 4.69) is 41.1 Å². The van der Waals surface area contributed by atoms with Crippen molar-refractivity contribution in [1.82, 2.24) is 20.3 Å². The Morgan fingerprint density at radius 1 is 1.39 bits per heavy atom. The number of hydrogen-bond donors (Lipinski definition) is 1. The maximum atomic E-state index is 5.23. The smallest absolute Gasteiger partial charge is 0.278 e. The fourth-order valence-corrected chi connectivity index (χ4v) is 2.68. The molecule has 0 fully saturated rings. The highest BCUT2D eigenvalue weighted by Gasteiger charge is 2.37. The first-order valence-electron chi connectivity index (χ1n) is 6.38. The van der Waals surface area contributed by atoms with Gasteiger partial charge < -0.3 is 4.52 Å². The summed E-state index contributed by atoms with van der Waals surface area (Å²) in [6.07, 6.45) is 2.19. The summed E-state index contributed by atoms with van der Waals surface area (Å²) >= 11 is 0. The van der Waals surface area contributed by atoms with Crippen molar-refractivity contribution in [2.45, 2.75) is 46.0 Å². The van der Waals surface area contributed by atoms with Crippen LogP contribution in [0, 0.1) is 12.8 Å². The van der Waals surface area contributed by atoms with Crippen molar-refractivity contribution in [2.75, 3.05) is 0 Å². The summed E-state index contributed by atoms with van der Waals surface area (Å²) in [5.41, 5.74) is 3.40. The van der Waals surface area contributed by atoms with Gasteiger partial charge in [0.1, 0.15) is 0 Å². The molecule has 96 valence electrons. The minimum absolute atomic E-state index is 0.119. The summed E-state index contributed by atoms with van der Waals surface area (Å²) in [5, 5.41) is 11.4. The van der Waals surface area contributed by atoms with Crippen molar-refractivity contribution in [3.63, 3.8) is 0 Å². The number of aryl methyl sites for hydroxylation is 1. The lowest BCUT2D eigenvalue weighted by Crippen LogP contribution is -2.32. The molecule has 5 heteroatoms. The van der Waals surface area contributed by atoms with Gasteiger partial charge in [-0.15, -0.1) is 0 Å². The van der Waals surface area contributed by atoms with E-state index in [9.17, 15) is 0 Å². The van der Waals surface area contributed by atoms with Gasteiger partial charge in [0.2, 0.25) is 0 Å². The summed E-state index contributed by atoms with van der Waals surface area (Å²) in [5.74, 6) is 1.81. The molecule has 0 bridgehead atoms. The monoisotopic (exact) mass is 246 g/mol. The maximum Gasteiger partial charge on any atom is 0.278 e. The van der Waals surface area contributed by atoms with Crippen molar-refractivity contribution >= 4 is 0 Å². The topological polar surface area (TPSA) is 67.6 Å². The van der Waals surface area contributed by atoms with E-state index in [1.165, 1.54) is 17.7 Å². The van der Waals surface area contributed by atoms with Crippen LogP contribution in [-0.4, -0.2) is 20.3 Å². The fraction of sp³-hybridized carbons (Fsp3) is 0.615. The maximum absolute atomic E-state index is 5.23. The molecule has 5 nitrogen and oxygen atoms in total. The van der Waals surface area contributed by atoms with Gasteiger partial charge in [0.15, 0.2) is 11.5 Å². The molecular formula is C13H18N4O. The van der Waals surface area contributed by atoms with E-state index in [4.69, 9.17) is 4.52 Å². The Kier molecular flexibility index (Phi) is 2.33. The van der Waals surface area contributed by atoms with Gasteiger partial charge in [-0.05, 0) is 25.7 Å². The molecule has 0 saturated heterocycles. The number of aromatic nitrogens is 4. The Labute approximate surface area is 106 Å². The highest BCUT2D eigenvalue weighted by atomic mass is 16.5. The number of H-pyrrole nitrogens is 1. The molecule has 18 heavy (non-hydrogen) atoms. The Hall–Kier alpha value is -1.65.